The standard InChI is InChI=1S/C17H12Br2N2O3/c18-12-4-5-14-11(8-12)3-6-15(17(14)19)24-10-16(22)21-20-9-13-2-1-7-23-13/h1-9H,10H2,(H,21,22)/b20-9+. The molecule has 3 rings (SSSR count). The summed E-state index contributed by atoms with van der Waals surface area (Å²) in [6.45, 7) is -0.143. The van der Waals surface area contributed by atoms with Crippen molar-refractivity contribution in [3.8, 4) is 5.75 Å². The van der Waals surface area contributed by atoms with Gasteiger partial charge in [-0.1, -0.05) is 28.1 Å². The van der Waals surface area contributed by atoms with Gasteiger partial charge in [0.1, 0.15) is 11.5 Å². The number of ether oxygens (including phenoxy) is 1. The van der Waals surface area contributed by atoms with Crippen molar-refractivity contribution >= 4 is 54.8 Å². The van der Waals surface area contributed by atoms with Gasteiger partial charge in [0, 0.05) is 4.47 Å². The number of hydrogen-bond donors (Lipinski definition) is 1. The van der Waals surface area contributed by atoms with Gasteiger partial charge in [-0.2, -0.15) is 5.10 Å². The van der Waals surface area contributed by atoms with Crippen molar-refractivity contribution in [2.75, 3.05) is 6.61 Å². The van der Waals surface area contributed by atoms with E-state index < -0.39 is 0 Å². The molecule has 1 aromatic heterocycles. The molecule has 3 aromatic rings. The average molecular weight is 452 g/mol. The van der Waals surface area contributed by atoms with E-state index in [-0.39, 0.29) is 12.5 Å². The number of fused-ring (bicyclic) bond motifs is 1. The Balaban J connectivity index is 1.62. The first-order valence-electron chi connectivity index (χ1n) is 6.99. The molecule has 0 saturated heterocycles. The number of benzene rings is 2. The summed E-state index contributed by atoms with van der Waals surface area (Å²) in [4.78, 5) is 11.8. The van der Waals surface area contributed by atoms with Crippen molar-refractivity contribution in [1.29, 1.82) is 0 Å². The van der Waals surface area contributed by atoms with Crippen molar-refractivity contribution in [2.45, 2.75) is 0 Å². The van der Waals surface area contributed by atoms with E-state index in [4.69, 9.17) is 9.15 Å². The quantitative estimate of drug-likeness (QED) is 0.459. The van der Waals surface area contributed by atoms with E-state index in [9.17, 15) is 4.79 Å². The zero-order chi connectivity index (χ0) is 16.9. The molecule has 7 heteroatoms. The molecule has 1 amide bonds. The van der Waals surface area contributed by atoms with Gasteiger partial charge in [-0.15, -0.1) is 0 Å². The van der Waals surface area contributed by atoms with Crippen molar-refractivity contribution in [1.82, 2.24) is 5.43 Å². The average Bonchev–Trinajstić information content (AvgIpc) is 3.07. The Morgan fingerprint density at radius 2 is 2.12 bits per heavy atom. The topological polar surface area (TPSA) is 63.8 Å². The second-order valence-corrected chi connectivity index (χ2v) is 6.55. The second kappa shape index (κ2) is 7.63. The third-order valence-corrected chi connectivity index (χ3v) is 4.47. The number of rotatable bonds is 5. The van der Waals surface area contributed by atoms with Crippen LogP contribution in [0.3, 0.4) is 0 Å². The molecule has 0 bridgehead atoms. The summed E-state index contributed by atoms with van der Waals surface area (Å²) >= 11 is 6.97. The van der Waals surface area contributed by atoms with Crippen molar-refractivity contribution in [3.05, 3.63) is 63.4 Å². The minimum absolute atomic E-state index is 0.143. The molecule has 2 aromatic carbocycles. The predicted molar refractivity (Wildman–Crippen MR) is 99.3 cm³/mol. The highest BCUT2D eigenvalue weighted by Gasteiger charge is 2.08. The highest BCUT2D eigenvalue weighted by molar-refractivity contribution is 9.11. The number of carbonyl (C=O) groups is 1. The van der Waals surface area contributed by atoms with Crippen LogP contribution >= 0.6 is 31.9 Å². The maximum absolute atomic E-state index is 11.8. The Morgan fingerprint density at radius 3 is 2.92 bits per heavy atom. The molecular formula is C17H12Br2N2O3. The molecule has 24 heavy (non-hydrogen) atoms. The molecule has 0 unspecified atom stereocenters. The van der Waals surface area contributed by atoms with Gasteiger partial charge in [0.05, 0.1) is 17.0 Å². The van der Waals surface area contributed by atoms with Crippen LogP contribution in [0.4, 0.5) is 0 Å². The van der Waals surface area contributed by atoms with Gasteiger partial charge in [0.2, 0.25) is 0 Å². The molecule has 0 aliphatic heterocycles. The molecule has 0 saturated carbocycles. The zero-order valence-electron chi connectivity index (χ0n) is 12.3. The van der Waals surface area contributed by atoms with Gasteiger partial charge in [-0.05, 0) is 57.0 Å². The van der Waals surface area contributed by atoms with E-state index in [0.29, 0.717) is 11.5 Å². The van der Waals surface area contributed by atoms with E-state index in [1.807, 2.05) is 30.3 Å². The number of nitrogens with one attached hydrogen (secondary N) is 1. The van der Waals surface area contributed by atoms with Gasteiger partial charge >= 0.3 is 0 Å². The number of furan rings is 1. The molecule has 0 atom stereocenters. The molecular weight excluding hydrogens is 440 g/mol. The third kappa shape index (κ3) is 4.04. The van der Waals surface area contributed by atoms with Gasteiger partial charge < -0.3 is 9.15 Å². The SMILES string of the molecule is O=C(COc1ccc2cc(Br)ccc2c1Br)N/N=C/c1ccco1. The lowest BCUT2D eigenvalue weighted by Gasteiger charge is -2.10. The largest absolute Gasteiger partial charge is 0.483 e. The van der Waals surface area contributed by atoms with E-state index in [2.05, 4.69) is 42.4 Å². The minimum Gasteiger partial charge on any atom is -0.483 e. The number of nitrogens with zero attached hydrogens (tertiary/aromatic N) is 1. The van der Waals surface area contributed by atoms with Crippen molar-refractivity contribution < 1.29 is 13.9 Å². The van der Waals surface area contributed by atoms with Crippen molar-refractivity contribution in [2.24, 2.45) is 5.10 Å². The van der Waals surface area contributed by atoms with Gasteiger partial charge in [-0.25, -0.2) is 5.43 Å². The molecule has 122 valence electrons. The van der Waals surface area contributed by atoms with Gasteiger partial charge in [0.15, 0.2) is 6.61 Å². The lowest BCUT2D eigenvalue weighted by Crippen LogP contribution is -2.24. The summed E-state index contributed by atoms with van der Waals surface area (Å²) in [5, 5.41) is 5.87. The summed E-state index contributed by atoms with van der Waals surface area (Å²) in [6, 6.07) is 13.2. The van der Waals surface area contributed by atoms with E-state index in [0.717, 1.165) is 19.7 Å². The molecule has 0 fully saturated rings. The van der Waals surface area contributed by atoms with Crippen LogP contribution in [0.15, 0.2) is 67.2 Å². The van der Waals surface area contributed by atoms with Crippen LogP contribution in [0.25, 0.3) is 10.8 Å². The Labute approximate surface area is 154 Å². The number of hydrogen-bond acceptors (Lipinski definition) is 4. The molecule has 0 spiro atoms. The van der Waals surface area contributed by atoms with Crippen LogP contribution < -0.4 is 10.2 Å². The van der Waals surface area contributed by atoms with Crippen LogP contribution in [-0.4, -0.2) is 18.7 Å². The number of amides is 1. The fraction of sp³-hybridized carbons (Fsp3) is 0.0588. The van der Waals surface area contributed by atoms with Crippen molar-refractivity contribution in [3.63, 3.8) is 0 Å². The molecule has 1 heterocycles. The fourth-order valence-electron chi connectivity index (χ4n) is 2.06. The number of carbonyl (C=O) groups excluding carboxylic acids is 1. The molecule has 0 aliphatic rings. The highest BCUT2D eigenvalue weighted by Crippen LogP contribution is 2.34. The summed E-state index contributed by atoms with van der Waals surface area (Å²) in [6.07, 6.45) is 2.95. The van der Waals surface area contributed by atoms with E-state index >= 15 is 0 Å². The van der Waals surface area contributed by atoms with Crippen LogP contribution in [0.2, 0.25) is 0 Å². The maximum Gasteiger partial charge on any atom is 0.277 e. The first-order chi connectivity index (χ1) is 11.6. The Bertz CT molecular complexity index is 892. The van der Waals surface area contributed by atoms with Gasteiger partial charge in [-0.3, -0.25) is 4.79 Å². The summed E-state index contributed by atoms with van der Waals surface area (Å²) in [5.74, 6) is 0.787. The molecule has 0 radical (unpaired) electrons. The van der Waals surface area contributed by atoms with Crippen LogP contribution in [0, 0.1) is 0 Å². The lowest BCUT2D eigenvalue weighted by molar-refractivity contribution is -0.123. The Hall–Kier alpha value is -2.12. The molecule has 5 nitrogen and oxygen atoms in total. The fourth-order valence-corrected chi connectivity index (χ4v) is 3.05. The molecule has 0 aliphatic carbocycles. The summed E-state index contributed by atoms with van der Waals surface area (Å²) in [7, 11) is 0. The van der Waals surface area contributed by atoms with Gasteiger partial charge in [0.25, 0.3) is 5.91 Å². The zero-order valence-corrected chi connectivity index (χ0v) is 15.5. The summed E-state index contributed by atoms with van der Waals surface area (Å²) < 4.78 is 12.4. The van der Waals surface area contributed by atoms with Crippen LogP contribution in [-0.2, 0) is 4.79 Å². The minimum atomic E-state index is -0.361. The van der Waals surface area contributed by atoms with Crippen LogP contribution in [0.5, 0.6) is 5.75 Å². The Morgan fingerprint density at radius 1 is 1.25 bits per heavy atom. The smallest absolute Gasteiger partial charge is 0.277 e. The maximum atomic E-state index is 11.8. The molecule has 1 N–H and O–H groups in total. The summed E-state index contributed by atoms with van der Waals surface area (Å²) in [5.41, 5.74) is 2.38. The number of hydrazone groups is 1. The second-order valence-electron chi connectivity index (χ2n) is 4.84. The van der Waals surface area contributed by atoms with Crippen LogP contribution in [0.1, 0.15) is 5.76 Å². The third-order valence-electron chi connectivity index (χ3n) is 3.16. The first-order valence-corrected chi connectivity index (χ1v) is 8.58. The number of halogens is 2. The Kier molecular flexibility index (Phi) is 5.32. The lowest BCUT2D eigenvalue weighted by atomic mass is 10.1. The van der Waals surface area contributed by atoms with E-state index in [1.165, 1.54) is 12.5 Å². The normalized spacial score (nSPS) is 11.1. The monoisotopic (exact) mass is 450 g/mol. The highest BCUT2D eigenvalue weighted by atomic mass is 79.9. The first kappa shape index (κ1) is 16.7. The van der Waals surface area contributed by atoms with E-state index in [1.54, 1.807) is 12.1 Å². The predicted octanol–water partition coefficient (Wildman–Crippen LogP) is 4.49.